The average Bonchev–Trinajstić information content (AvgIpc) is 2.70. The lowest BCUT2D eigenvalue weighted by Crippen LogP contribution is -2.60. The van der Waals surface area contributed by atoms with Crippen molar-refractivity contribution in [1.29, 1.82) is 0 Å². The number of halogens is 1. The molecule has 5 N–H and O–H groups in total. The number of aliphatic hydroxyl groups is 4. The Morgan fingerprint density at radius 3 is 2.38 bits per heavy atom. The summed E-state index contributed by atoms with van der Waals surface area (Å²) in [6, 6.07) is 8.70. The Kier molecular flexibility index (Phi) is 6.25. The summed E-state index contributed by atoms with van der Waals surface area (Å²) in [5.74, 6) is -0.176. The van der Waals surface area contributed by atoms with Crippen molar-refractivity contribution < 1.29 is 39.2 Å². The number of rotatable bonds is 6. The van der Waals surface area contributed by atoms with Crippen molar-refractivity contribution in [3.63, 3.8) is 0 Å². The molecule has 0 aromatic heterocycles. The fourth-order valence-corrected chi connectivity index (χ4v) is 2.85. The molecule has 156 valence electrons. The number of nitro groups is 1. The molecule has 0 amide bonds. The van der Waals surface area contributed by atoms with Crippen LogP contribution < -0.4 is 10.1 Å². The molecular weight excluding hydrogens is 391 g/mol. The van der Waals surface area contributed by atoms with Gasteiger partial charge in [-0.2, -0.15) is 0 Å². The molecule has 2 aromatic carbocycles. The number of aliphatic hydroxyl groups excluding tert-OH is 4. The zero-order valence-electron chi connectivity index (χ0n) is 14.9. The number of benzene rings is 2. The molecule has 0 spiro atoms. The molecule has 0 aliphatic carbocycles. The first kappa shape index (κ1) is 20.9. The van der Waals surface area contributed by atoms with Crippen LogP contribution in [-0.2, 0) is 4.74 Å². The minimum Gasteiger partial charge on any atom is -0.457 e. The van der Waals surface area contributed by atoms with E-state index in [9.17, 15) is 34.9 Å². The van der Waals surface area contributed by atoms with Gasteiger partial charge in [0.1, 0.15) is 41.7 Å². The second-order valence-corrected chi connectivity index (χ2v) is 6.42. The van der Waals surface area contributed by atoms with E-state index in [1.54, 1.807) is 0 Å². The molecule has 1 saturated heterocycles. The van der Waals surface area contributed by atoms with E-state index < -0.39 is 48.0 Å². The van der Waals surface area contributed by atoms with Crippen molar-refractivity contribution in [2.24, 2.45) is 0 Å². The summed E-state index contributed by atoms with van der Waals surface area (Å²) in [6.07, 6.45) is -7.12. The fourth-order valence-electron chi connectivity index (χ4n) is 2.85. The van der Waals surface area contributed by atoms with Crippen LogP contribution in [0.2, 0.25) is 0 Å². The van der Waals surface area contributed by atoms with E-state index in [0.29, 0.717) is 0 Å². The lowest BCUT2D eigenvalue weighted by Gasteiger charge is -2.40. The van der Waals surface area contributed by atoms with Gasteiger partial charge < -0.3 is 35.2 Å². The molecule has 1 heterocycles. The third-order valence-electron chi connectivity index (χ3n) is 4.35. The summed E-state index contributed by atoms with van der Waals surface area (Å²) < 4.78 is 23.9. The van der Waals surface area contributed by atoms with Gasteiger partial charge in [-0.05, 0) is 24.3 Å². The molecule has 5 unspecified atom stereocenters. The largest absolute Gasteiger partial charge is 0.457 e. The monoisotopic (exact) mass is 410 g/mol. The van der Waals surface area contributed by atoms with Crippen molar-refractivity contribution in [3.8, 4) is 11.5 Å². The highest BCUT2D eigenvalue weighted by atomic mass is 19.1. The Morgan fingerprint density at radius 1 is 1.07 bits per heavy atom. The molecule has 0 radical (unpaired) electrons. The molecule has 1 aliphatic rings. The Balaban J connectivity index is 1.85. The first-order valence-electron chi connectivity index (χ1n) is 8.58. The van der Waals surface area contributed by atoms with Gasteiger partial charge in [0.05, 0.1) is 17.6 Å². The first-order valence-corrected chi connectivity index (χ1v) is 8.58. The van der Waals surface area contributed by atoms with Gasteiger partial charge in [-0.1, -0.05) is 0 Å². The maximum atomic E-state index is 13.0. The molecule has 3 rings (SSSR count). The van der Waals surface area contributed by atoms with E-state index in [1.165, 1.54) is 30.3 Å². The SMILES string of the molecule is O=[N+]([O-])c1cc(NC2OC(CO)C(O)C(O)C2O)cc(Oc2ccc(F)cc2)c1. The van der Waals surface area contributed by atoms with E-state index in [-0.39, 0.29) is 22.9 Å². The normalized spacial score (nSPS) is 26.7. The summed E-state index contributed by atoms with van der Waals surface area (Å²) >= 11 is 0. The Labute approximate surface area is 163 Å². The third kappa shape index (κ3) is 4.78. The summed E-state index contributed by atoms with van der Waals surface area (Å²) in [5, 5.41) is 53.0. The second kappa shape index (κ2) is 8.68. The second-order valence-electron chi connectivity index (χ2n) is 6.42. The van der Waals surface area contributed by atoms with E-state index in [1.807, 2.05) is 0 Å². The standard InChI is InChI=1S/C18H19FN2O8/c19-9-1-3-12(4-2-9)28-13-6-10(5-11(7-13)21(26)27)20-18-17(25)16(24)15(23)14(8-22)29-18/h1-7,14-18,20,22-25H,8H2. The van der Waals surface area contributed by atoms with Gasteiger partial charge in [-0.3, -0.25) is 10.1 Å². The van der Waals surface area contributed by atoms with Crippen molar-refractivity contribution in [3.05, 3.63) is 58.4 Å². The summed E-state index contributed by atoms with van der Waals surface area (Å²) in [4.78, 5) is 10.6. The van der Waals surface area contributed by atoms with Crippen LogP contribution in [0.4, 0.5) is 15.8 Å². The van der Waals surface area contributed by atoms with Gasteiger partial charge >= 0.3 is 0 Å². The maximum absolute atomic E-state index is 13.0. The van der Waals surface area contributed by atoms with Gasteiger partial charge in [0, 0.05) is 17.8 Å². The predicted molar refractivity (Wildman–Crippen MR) is 97.0 cm³/mol. The molecule has 0 saturated carbocycles. The van der Waals surface area contributed by atoms with Crippen LogP contribution in [0, 0.1) is 15.9 Å². The van der Waals surface area contributed by atoms with E-state index in [2.05, 4.69) is 5.32 Å². The molecule has 2 aromatic rings. The van der Waals surface area contributed by atoms with Crippen molar-refractivity contribution >= 4 is 11.4 Å². The summed E-state index contributed by atoms with van der Waals surface area (Å²) in [7, 11) is 0. The lowest BCUT2D eigenvalue weighted by molar-refractivity contribution is -0.384. The van der Waals surface area contributed by atoms with Crippen LogP contribution in [0.3, 0.4) is 0 Å². The molecule has 11 heteroatoms. The highest BCUT2D eigenvalue weighted by Gasteiger charge is 2.43. The summed E-state index contributed by atoms with van der Waals surface area (Å²) in [5.41, 5.74) is -0.225. The highest BCUT2D eigenvalue weighted by molar-refractivity contribution is 5.57. The molecule has 29 heavy (non-hydrogen) atoms. The van der Waals surface area contributed by atoms with Crippen LogP contribution in [-0.4, -0.2) is 62.6 Å². The number of nitro benzene ring substituents is 1. The molecule has 1 aliphatic heterocycles. The van der Waals surface area contributed by atoms with Gasteiger partial charge in [-0.15, -0.1) is 0 Å². The molecule has 1 fully saturated rings. The number of nitrogens with one attached hydrogen (secondary N) is 1. The predicted octanol–water partition coefficient (Wildman–Crippen LogP) is 0.738. The number of non-ortho nitro benzene ring substituents is 1. The van der Waals surface area contributed by atoms with Crippen molar-refractivity contribution in [2.45, 2.75) is 30.6 Å². The number of hydrogen-bond acceptors (Lipinski definition) is 9. The van der Waals surface area contributed by atoms with E-state index in [0.717, 1.165) is 12.1 Å². The molecule has 10 nitrogen and oxygen atoms in total. The minimum absolute atomic E-state index is 0.0536. The quantitative estimate of drug-likeness (QED) is 0.342. The zero-order valence-corrected chi connectivity index (χ0v) is 14.9. The highest BCUT2D eigenvalue weighted by Crippen LogP contribution is 2.31. The van der Waals surface area contributed by atoms with Gasteiger partial charge in [0.15, 0.2) is 6.23 Å². The molecular formula is C18H19FN2O8. The van der Waals surface area contributed by atoms with E-state index >= 15 is 0 Å². The van der Waals surface area contributed by atoms with Crippen LogP contribution in [0.25, 0.3) is 0 Å². The smallest absolute Gasteiger partial charge is 0.275 e. The Morgan fingerprint density at radius 2 is 1.76 bits per heavy atom. The summed E-state index contributed by atoms with van der Waals surface area (Å²) in [6.45, 7) is -0.614. The number of nitrogens with zero attached hydrogens (tertiary/aromatic N) is 1. The van der Waals surface area contributed by atoms with E-state index in [4.69, 9.17) is 9.47 Å². The van der Waals surface area contributed by atoms with Crippen LogP contribution >= 0.6 is 0 Å². The molecule has 0 bridgehead atoms. The van der Waals surface area contributed by atoms with Crippen LogP contribution in [0.1, 0.15) is 0 Å². The maximum Gasteiger partial charge on any atom is 0.275 e. The number of anilines is 1. The first-order chi connectivity index (χ1) is 13.8. The number of hydrogen-bond donors (Lipinski definition) is 5. The third-order valence-corrected chi connectivity index (χ3v) is 4.35. The average molecular weight is 410 g/mol. The minimum atomic E-state index is -1.60. The Bertz CT molecular complexity index is 863. The lowest BCUT2D eigenvalue weighted by atomic mass is 9.98. The van der Waals surface area contributed by atoms with Gasteiger partial charge in [0.25, 0.3) is 5.69 Å². The fraction of sp³-hybridized carbons (Fsp3) is 0.333. The molecule has 5 atom stereocenters. The van der Waals surface area contributed by atoms with Crippen molar-refractivity contribution in [2.75, 3.05) is 11.9 Å². The Hall–Kier alpha value is -2.83. The van der Waals surface area contributed by atoms with Gasteiger partial charge in [-0.25, -0.2) is 4.39 Å². The van der Waals surface area contributed by atoms with Crippen LogP contribution in [0.15, 0.2) is 42.5 Å². The topological polar surface area (TPSA) is 155 Å². The van der Waals surface area contributed by atoms with Crippen molar-refractivity contribution in [1.82, 2.24) is 0 Å². The zero-order chi connectivity index (χ0) is 21.1. The van der Waals surface area contributed by atoms with Crippen LogP contribution in [0.5, 0.6) is 11.5 Å². The number of ether oxygens (including phenoxy) is 2. The van der Waals surface area contributed by atoms with Gasteiger partial charge in [0.2, 0.25) is 0 Å².